The summed E-state index contributed by atoms with van der Waals surface area (Å²) in [5.74, 6) is 0.397. The molecule has 3 fully saturated rings. The molecule has 3 aliphatic rings. The van der Waals surface area contributed by atoms with Crippen LogP contribution in [0.3, 0.4) is 0 Å². The molecular weight excluding hydrogens is 553 g/mol. The molecule has 1 aliphatic carbocycles. The fourth-order valence-electron chi connectivity index (χ4n) is 6.35. The van der Waals surface area contributed by atoms with Gasteiger partial charge in [0, 0.05) is 51.3 Å². The lowest BCUT2D eigenvalue weighted by molar-refractivity contribution is -0.136. The molecule has 12 nitrogen and oxygen atoms in total. The Kier molecular flexibility index (Phi) is 11.0. The first-order valence-electron chi connectivity index (χ1n) is 14.7. The maximum Gasteiger partial charge on any atom is 0.407 e. The minimum absolute atomic E-state index is 0.0463. The van der Waals surface area contributed by atoms with Crippen LogP contribution >= 0.6 is 0 Å². The number of rotatable bonds is 14. The zero-order valence-electron chi connectivity index (χ0n) is 23.8. The summed E-state index contributed by atoms with van der Waals surface area (Å²) in [6, 6.07) is 4.56. The lowest BCUT2D eigenvalue weighted by Gasteiger charge is -2.52. The number of hydrogen-bond acceptors (Lipinski definition) is 9. The van der Waals surface area contributed by atoms with E-state index in [2.05, 4.69) is 5.32 Å². The van der Waals surface area contributed by atoms with Crippen molar-refractivity contribution in [3.63, 3.8) is 0 Å². The third kappa shape index (κ3) is 8.08. The van der Waals surface area contributed by atoms with Crippen molar-refractivity contribution >= 4 is 12.0 Å². The normalized spacial score (nSPS) is 21.8. The maximum atomic E-state index is 14.7. The standard InChI is InChI=1S/C29H44FN3O9/c30-22-10-21(42-8-3-18-11-29(12-18)4-6-32(7-5-29)28(40)41)2-1-20(22)9-25(37)33-15-19(16-33)13-31-14-23(35)26(38)27(39)24(36)17-34/h1-2,10,18-19,23-24,26-27,31,34-36,38-39H,3-9,11-17H2,(H,40,41)/t23-,24+,26+,27+/m0/s1. The molecule has 0 aromatic heterocycles. The smallest absolute Gasteiger partial charge is 0.407 e. The number of hydrogen-bond donors (Lipinski definition) is 7. The zero-order chi connectivity index (χ0) is 30.4. The van der Waals surface area contributed by atoms with E-state index in [0.717, 1.165) is 32.1 Å². The van der Waals surface area contributed by atoms with Crippen LogP contribution in [-0.4, -0.2) is 129 Å². The van der Waals surface area contributed by atoms with E-state index in [9.17, 15) is 34.4 Å². The Hall–Kier alpha value is -2.55. The quantitative estimate of drug-likeness (QED) is 0.152. The zero-order valence-corrected chi connectivity index (χ0v) is 23.8. The molecule has 13 heteroatoms. The number of aliphatic hydroxyl groups is 5. The van der Waals surface area contributed by atoms with Gasteiger partial charge in [0.2, 0.25) is 5.91 Å². The van der Waals surface area contributed by atoms with Crippen LogP contribution in [0.2, 0.25) is 0 Å². The molecule has 2 amide bonds. The van der Waals surface area contributed by atoms with Crippen LogP contribution in [0.4, 0.5) is 9.18 Å². The second-order valence-corrected chi connectivity index (χ2v) is 12.2. The van der Waals surface area contributed by atoms with Crippen LogP contribution in [-0.2, 0) is 11.2 Å². The van der Waals surface area contributed by atoms with E-state index in [1.54, 1.807) is 17.0 Å². The average molecular weight is 598 g/mol. The van der Waals surface area contributed by atoms with Gasteiger partial charge in [-0.25, -0.2) is 9.18 Å². The molecule has 4 atom stereocenters. The molecule has 1 spiro atoms. The van der Waals surface area contributed by atoms with Gasteiger partial charge in [0.15, 0.2) is 0 Å². The minimum Gasteiger partial charge on any atom is -0.493 e. The number of halogens is 1. The number of nitrogens with zero attached hydrogens (tertiary/aromatic N) is 2. The first-order valence-corrected chi connectivity index (χ1v) is 14.7. The maximum absolute atomic E-state index is 14.7. The molecule has 236 valence electrons. The summed E-state index contributed by atoms with van der Waals surface area (Å²) in [7, 11) is 0. The van der Waals surface area contributed by atoms with Gasteiger partial charge in [-0.1, -0.05) is 6.07 Å². The molecule has 2 saturated heterocycles. The summed E-state index contributed by atoms with van der Waals surface area (Å²) in [4.78, 5) is 26.8. The minimum atomic E-state index is -1.68. The fraction of sp³-hybridized carbons (Fsp3) is 0.724. The van der Waals surface area contributed by atoms with Gasteiger partial charge in [-0.05, 0) is 55.1 Å². The fourth-order valence-corrected chi connectivity index (χ4v) is 6.35. The van der Waals surface area contributed by atoms with E-state index in [4.69, 9.17) is 14.9 Å². The molecule has 42 heavy (non-hydrogen) atoms. The number of carboxylic acid groups (broad SMARTS) is 1. The van der Waals surface area contributed by atoms with Gasteiger partial charge < -0.3 is 50.5 Å². The molecule has 2 aliphatic heterocycles. The van der Waals surface area contributed by atoms with Crippen molar-refractivity contribution in [1.82, 2.24) is 15.1 Å². The number of carbonyl (C=O) groups excluding carboxylic acids is 1. The van der Waals surface area contributed by atoms with E-state index >= 15 is 0 Å². The Bertz CT molecular complexity index is 1060. The topological polar surface area (TPSA) is 183 Å². The molecule has 7 N–H and O–H groups in total. The largest absolute Gasteiger partial charge is 0.493 e. The Morgan fingerprint density at radius 2 is 1.69 bits per heavy atom. The molecule has 1 aromatic carbocycles. The summed E-state index contributed by atoms with van der Waals surface area (Å²) >= 11 is 0. The Balaban J connectivity index is 1.09. The summed E-state index contributed by atoms with van der Waals surface area (Å²) in [5, 5.41) is 59.7. The highest BCUT2D eigenvalue weighted by Crippen LogP contribution is 2.53. The number of piperidine rings is 1. The molecule has 4 rings (SSSR count). The number of aliphatic hydroxyl groups excluding tert-OH is 5. The molecule has 1 saturated carbocycles. The molecule has 0 bridgehead atoms. The molecular formula is C29H44FN3O9. The van der Waals surface area contributed by atoms with Gasteiger partial charge in [0.1, 0.15) is 29.9 Å². The van der Waals surface area contributed by atoms with E-state index in [-0.39, 0.29) is 30.2 Å². The predicted molar refractivity (Wildman–Crippen MR) is 148 cm³/mol. The number of amides is 2. The van der Waals surface area contributed by atoms with Crippen LogP contribution in [0.5, 0.6) is 5.75 Å². The van der Waals surface area contributed by atoms with Crippen LogP contribution in [0.25, 0.3) is 0 Å². The lowest BCUT2D eigenvalue weighted by atomic mass is 9.57. The van der Waals surface area contributed by atoms with Crippen LogP contribution < -0.4 is 10.1 Å². The number of nitrogens with one attached hydrogen (secondary N) is 1. The number of carbonyl (C=O) groups is 2. The number of benzene rings is 1. The van der Waals surface area contributed by atoms with Gasteiger partial charge in [-0.2, -0.15) is 0 Å². The van der Waals surface area contributed by atoms with Crippen molar-refractivity contribution in [2.75, 3.05) is 52.5 Å². The van der Waals surface area contributed by atoms with Gasteiger partial charge in [-0.3, -0.25) is 4.79 Å². The summed E-state index contributed by atoms with van der Waals surface area (Å²) in [5.41, 5.74) is 0.565. The number of ether oxygens (including phenoxy) is 1. The Morgan fingerprint density at radius 1 is 1.02 bits per heavy atom. The first kappa shape index (κ1) is 32.4. The van der Waals surface area contributed by atoms with E-state index in [1.807, 2.05) is 0 Å². The SMILES string of the molecule is O=C(O)N1CCC2(CC1)CC(CCOc1ccc(CC(=O)N3CC(CNC[C@H](O)[C@@H](O)[C@H](O)[C@H](O)CO)C3)c(F)c1)C2. The Labute approximate surface area is 244 Å². The van der Waals surface area contributed by atoms with Crippen LogP contribution in [0.15, 0.2) is 18.2 Å². The van der Waals surface area contributed by atoms with Gasteiger partial charge in [0.25, 0.3) is 0 Å². The molecule has 1 aromatic rings. The van der Waals surface area contributed by atoms with Crippen molar-refractivity contribution in [2.45, 2.75) is 62.9 Å². The predicted octanol–water partition coefficient (Wildman–Crippen LogP) is -0.209. The van der Waals surface area contributed by atoms with Crippen molar-refractivity contribution < 1.29 is 49.4 Å². The van der Waals surface area contributed by atoms with Gasteiger partial charge >= 0.3 is 6.09 Å². The molecule has 0 radical (unpaired) electrons. The Morgan fingerprint density at radius 3 is 2.31 bits per heavy atom. The summed E-state index contributed by atoms with van der Waals surface area (Å²) in [6.45, 7) is 2.29. The molecule has 0 unspecified atom stereocenters. The van der Waals surface area contributed by atoms with E-state index in [0.29, 0.717) is 56.6 Å². The van der Waals surface area contributed by atoms with Crippen molar-refractivity contribution in [1.29, 1.82) is 0 Å². The summed E-state index contributed by atoms with van der Waals surface area (Å²) < 4.78 is 20.5. The van der Waals surface area contributed by atoms with Crippen molar-refractivity contribution in [3.8, 4) is 5.75 Å². The van der Waals surface area contributed by atoms with E-state index < -0.39 is 42.9 Å². The van der Waals surface area contributed by atoms with Crippen LogP contribution in [0, 0.1) is 23.1 Å². The van der Waals surface area contributed by atoms with E-state index in [1.165, 1.54) is 11.0 Å². The molecule has 2 heterocycles. The number of likely N-dealkylation sites (tertiary alicyclic amines) is 2. The average Bonchev–Trinajstić information content (AvgIpc) is 2.93. The highest BCUT2D eigenvalue weighted by molar-refractivity contribution is 5.79. The highest BCUT2D eigenvalue weighted by Gasteiger charge is 2.46. The van der Waals surface area contributed by atoms with Gasteiger partial charge in [0.05, 0.1) is 25.7 Å². The summed E-state index contributed by atoms with van der Waals surface area (Å²) in [6.07, 6.45) is -2.26. The lowest BCUT2D eigenvalue weighted by Crippen LogP contribution is -2.55. The van der Waals surface area contributed by atoms with Crippen molar-refractivity contribution in [3.05, 3.63) is 29.6 Å². The third-order valence-corrected chi connectivity index (χ3v) is 9.12. The second-order valence-electron chi connectivity index (χ2n) is 12.2. The monoisotopic (exact) mass is 597 g/mol. The van der Waals surface area contributed by atoms with Crippen molar-refractivity contribution in [2.24, 2.45) is 17.3 Å². The van der Waals surface area contributed by atoms with Crippen LogP contribution in [0.1, 0.15) is 37.7 Å². The third-order valence-electron chi connectivity index (χ3n) is 9.12. The highest BCUT2D eigenvalue weighted by atomic mass is 19.1. The van der Waals surface area contributed by atoms with Gasteiger partial charge in [-0.15, -0.1) is 0 Å². The second kappa shape index (κ2) is 14.3. The first-order chi connectivity index (χ1) is 20.0.